The van der Waals surface area contributed by atoms with Gasteiger partial charge in [-0.2, -0.15) is 0 Å². The summed E-state index contributed by atoms with van der Waals surface area (Å²) >= 11 is 1.29. The minimum atomic E-state index is -0.325. The van der Waals surface area contributed by atoms with Gasteiger partial charge in [-0.25, -0.2) is 4.99 Å². The summed E-state index contributed by atoms with van der Waals surface area (Å²) in [5.74, 6) is 0.253. The van der Waals surface area contributed by atoms with Gasteiger partial charge in [0.15, 0.2) is 0 Å². The van der Waals surface area contributed by atoms with Crippen LogP contribution in [-0.2, 0) is 14.3 Å². The molecule has 2 N–H and O–H groups in total. The van der Waals surface area contributed by atoms with Crippen molar-refractivity contribution < 1.29 is 19.1 Å². The number of ether oxygens (including phenoxy) is 2. The molecular formula is C23H25N3O4S. The van der Waals surface area contributed by atoms with Crippen LogP contribution >= 0.6 is 11.8 Å². The topological polar surface area (TPSA) is 89.0 Å². The van der Waals surface area contributed by atoms with Crippen molar-refractivity contribution in [3.63, 3.8) is 0 Å². The zero-order chi connectivity index (χ0) is 22.2. The van der Waals surface area contributed by atoms with Crippen LogP contribution in [0.2, 0.25) is 0 Å². The highest BCUT2D eigenvalue weighted by Crippen LogP contribution is 2.31. The highest BCUT2D eigenvalue weighted by atomic mass is 32.2. The lowest BCUT2D eigenvalue weighted by Gasteiger charge is -2.11. The molecule has 0 aliphatic carbocycles. The number of para-hydroxylation sites is 2. The third-order valence-corrected chi connectivity index (χ3v) is 5.26. The number of carbonyl (C=O) groups is 2. The van der Waals surface area contributed by atoms with Gasteiger partial charge in [-0.1, -0.05) is 30.0 Å². The highest BCUT2D eigenvalue weighted by Gasteiger charge is 2.16. The zero-order valence-electron chi connectivity index (χ0n) is 17.7. The van der Waals surface area contributed by atoms with Crippen LogP contribution in [0.3, 0.4) is 0 Å². The molecule has 0 spiro atoms. The van der Waals surface area contributed by atoms with Crippen molar-refractivity contribution in [1.29, 1.82) is 0 Å². The first kappa shape index (κ1) is 22.4. The van der Waals surface area contributed by atoms with Crippen molar-refractivity contribution in [3.8, 4) is 5.75 Å². The fourth-order valence-corrected chi connectivity index (χ4v) is 3.71. The van der Waals surface area contributed by atoms with E-state index >= 15 is 0 Å². The number of aryl methyl sites for hydroxylation is 1. The van der Waals surface area contributed by atoms with Crippen LogP contribution in [-0.4, -0.2) is 36.4 Å². The molecule has 1 amide bonds. The zero-order valence-corrected chi connectivity index (χ0v) is 18.5. The van der Waals surface area contributed by atoms with E-state index in [4.69, 9.17) is 9.47 Å². The number of hydrogen-bond donors (Lipinski definition) is 2. The minimum Gasteiger partial charge on any atom is -0.495 e. The first-order chi connectivity index (χ1) is 15.0. The third kappa shape index (κ3) is 6.36. The monoisotopic (exact) mass is 439 g/mol. The van der Waals surface area contributed by atoms with Crippen molar-refractivity contribution >= 4 is 45.7 Å². The van der Waals surface area contributed by atoms with E-state index in [1.165, 1.54) is 11.8 Å². The van der Waals surface area contributed by atoms with E-state index in [0.29, 0.717) is 28.8 Å². The summed E-state index contributed by atoms with van der Waals surface area (Å²) in [6.45, 7) is 4.04. The molecule has 162 valence electrons. The molecular weight excluding hydrogens is 414 g/mol. The lowest BCUT2D eigenvalue weighted by Crippen LogP contribution is -2.16. The van der Waals surface area contributed by atoms with Gasteiger partial charge in [-0.05, 0) is 49.8 Å². The summed E-state index contributed by atoms with van der Waals surface area (Å²) in [5.41, 5.74) is 3.84. The molecule has 0 saturated heterocycles. The molecule has 0 unspecified atom stereocenters. The summed E-state index contributed by atoms with van der Waals surface area (Å²) in [6.07, 6.45) is 1.87. The second-order valence-corrected chi connectivity index (χ2v) is 7.78. The molecule has 8 heteroatoms. The van der Waals surface area contributed by atoms with E-state index in [9.17, 15) is 9.59 Å². The Bertz CT molecular complexity index is 1030. The van der Waals surface area contributed by atoms with Gasteiger partial charge in [-0.15, -0.1) is 0 Å². The SMILES string of the molecule is CCOC(=O)CC1=CC(SCC(=O)Nc2cc(C)ccc2OC)=Nc2ccccc2N1. The van der Waals surface area contributed by atoms with Crippen molar-refractivity contribution in [2.24, 2.45) is 4.99 Å². The van der Waals surface area contributed by atoms with E-state index in [1.807, 2.05) is 49.4 Å². The maximum atomic E-state index is 12.6. The number of carbonyl (C=O) groups excluding carboxylic acids is 2. The van der Waals surface area contributed by atoms with E-state index < -0.39 is 0 Å². The number of nitrogens with one attached hydrogen (secondary N) is 2. The molecule has 2 aromatic rings. The van der Waals surface area contributed by atoms with Crippen molar-refractivity contribution in [2.75, 3.05) is 30.1 Å². The van der Waals surface area contributed by atoms with Gasteiger partial charge in [0.1, 0.15) is 5.75 Å². The Hall–Kier alpha value is -3.26. The molecule has 0 aromatic heterocycles. The Morgan fingerprint density at radius 1 is 1.19 bits per heavy atom. The van der Waals surface area contributed by atoms with Crippen LogP contribution in [0, 0.1) is 6.92 Å². The average molecular weight is 440 g/mol. The molecule has 2 aromatic carbocycles. The van der Waals surface area contributed by atoms with Crippen LogP contribution in [0.25, 0.3) is 0 Å². The Labute approximate surface area is 185 Å². The summed E-state index contributed by atoms with van der Waals surface area (Å²) < 4.78 is 10.4. The maximum Gasteiger partial charge on any atom is 0.311 e. The van der Waals surface area contributed by atoms with Crippen LogP contribution in [0.4, 0.5) is 17.1 Å². The molecule has 31 heavy (non-hydrogen) atoms. The normalized spacial score (nSPS) is 12.5. The Balaban J connectivity index is 1.73. The quantitative estimate of drug-likeness (QED) is 0.610. The van der Waals surface area contributed by atoms with E-state index in [2.05, 4.69) is 15.6 Å². The smallest absolute Gasteiger partial charge is 0.311 e. The minimum absolute atomic E-state index is 0.0917. The third-order valence-electron chi connectivity index (χ3n) is 4.35. The summed E-state index contributed by atoms with van der Waals surface area (Å²) in [4.78, 5) is 29.2. The molecule has 1 aliphatic heterocycles. The fraction of sp³-hybridized carbons (Fsp3) is 0.261. The number of thioether (sulfide) groups is 1. The average Bonchev–Trinajstić information content (AvgIpc) is 2.91. The van der Waals surface area contributed by atoms with Crippen molar-refractivity contribution in [2.45, 2.75) is 20.3 Å². The number of rotatable bonds is 7. The Morgan fingerprint density at radius 2 is 2.00 bits per heavy atom. The Kier molecular flexibility index (Phi) is 7.72. The number of esters is 1. The lowest BCUT2D eigenvalue weighted by molar-refractivity contribution is -0.142. The molecule has 0 saturated carbocycles. The number of aliphatic imine (C=N–C) groups is 1. The summed E-state index contributed by atoms with van der Waals surface area (Å²) in [7, 11) is 1.57. The van der Waals surface area contributed by atoms with E-state index in [0.717, 1.165) is 16.9 Å². The second kappa shape index (κ2) is 10.7. The number of amides is 1. The standard InChI is InChI=1S/C23H25N3O4S/c1-4-30-23(28)13-16-12-22(26-18-8-6-5-7-17(18)24-16)31-14-21(27)25-19-11-15(2)9-10-20(19)29-3/h5-12,24H,4,13-14H2,1-3H3,(H,25,27). The molecule has 3 rings (SSSR count). The van der Waals surface area contributed by atoms with Gasteiger partial charge in [-0.3, -0.25) is 9.59 Å². The van der Waals surface area contributed by atoms with Crippen LogP contribution < -0.4 is 15.4 Å². The molecule has 0 bridgehead atoms. The number of nitrogens with zero attached hydrogens (tertiary/aromatic N) is 1. The van der Waals surface area contributed by atoms with Gasteiger partial charge in [0.05, 0.1) is 48.0 Å². The van der Waals surface area contributed by atoms with Gasteiger partial charge >= 0.3 is 5.97 Å². The number of fused-ring (bicyclic) bond motifs is 1. The van der Waals surface area contributed by atoms with Crippen LogP contribution in [0.15, 0.2) is 59.2 Å². The molecule has 0 atom stereocenters. The summed E-state index contributed by atoms with van der Waals surface area (Å²) in [5, 5.41) is 6.76. The molecule has 1 aliphatic rings. The lowest BCUT2D eigenvalue weighted by atomic mass is 10.2. The van der Waals surface area contributed by atoms with Gasteiger partial charge in [0.25, 0.3) is 0 Å². The van der Waals surface area contributed by atoms with Gasteiger partial charge < -0.3 is 20.1 Å². The first-order valence-electron chi connectivity index (χ1n) is 9.86. The molecule has 1 heterocycles. The van der Waals surface area contributed by atoms with E-state index in [1.54, 1.807) is 20.1 Å². The van der Waals surface area contributed by atoms with Gasteiger partial charge in [0, 0.05) is 5.70 Å². The molecule has 0 fully saturated rings. The Morgan fingerprint density at radius 3 is 2.77 bits per heavy atom. The summed E-state index contributed by atoms with van der Waals surface area (Å²) in [6, 6.07) is 13.2. The predicted molar refractivity (Wildman–Crippen MR) is 125 cm³/mol. The van der Waals surface area contributed by atoms with Crippen LogP contribution in [0.1, 0.15) is 18.9 Å². The maximum absolute atomic E-state index is 12.6. The van der Waals surface area contributed by atoms with Gasteiger partial charge in [0.2, 0.25) is 5.91 Å². The highest BCUT2D eigenvalue weighted by molar-refractivity contribution is 8.14. The number of benzene rings is 2. The fourth-order valence-electron chi connectivity index (χ4n) is 2.97. The molecule has 0 radical (unpaired) electrons. The second-order valence-electron chi connectivity index (χ2n) is 6.78. The number of methoxy groups -OCH3 is 1. The largest absolute Gasteiger partial charge is 0.495 e. The first-order valence-corrected chi connectivity index (χ1v) is 10.8. The van der Waals surface area contributed by atoms with Crippen LogP contribution in [0.5, 0.6) is 5.75 Å². The number of anilines is 2. The number of hydrogen-bond acceptors (Lipinski definition) is 7. The predicted octanol–water partition coefficient (Wildman–Crippen LogP) is 4.67. The molecule has 7 nitrogen and oxygen atoms in total. The van der Waals surface area contributed by atoms with E-state index in [-0.39, 0.29) is 24.1 Å². The van der Waals surface area contributed by atoms with Crippen molar-refractivity contribution in [3.05, 3.63) is 59.8 Å². The van der Waals surface area contributed by atoms with Crippen molar-refractivity contribution in [1.82, 2.24) is 0 Å².